The average Bonchev–Trinajstić information content (AvgIpc) is 3.15. The van der Waals surface area contributed by atoms with Crippen molar-refractivity contribution in [2.24, 2.45) is 0 Å². The number of rotatable bonds is 4. The molecule has 136 valence electrons. The molecule has 2 aromatic heterocycles. The van der Waals surface area contributed by atoms with Crippen molar-refractivity contribution in [3.8, 4) is 17.3 Å². The summed E-state index contributed by atoms with van der Waals surface area (Å²) in [5, 5.41) is 3.26. The fraction of sp³-hybridized carbons (Fsp3) is 0.462. The van der Waals surface area contributed by atoms with Gasteiger partial charge in [-0.3, -0.25) is 0 Å². The molecule has 3 rings (SSSR count). The molecule has 0 unspecified atom stereocenters. The van der Waals surface area contributed by atoms with Crippen molar-refractivity contribution in [1.29, 1.82) is 0 Å². The molecule has 1 saturated heterocycles. The second-order valence-corrected chi connectivity index (χ2v) is 7.44. The lowest BCUT2D eigenvalue weighted by Crippen LogP contribution is -2.30. The number of pyridine rings is 1. The van der Waals surface area contributed by atoms with Gasteiger partial charge in [-0.05, 0) is 12.5 Å². The maximum Gasteiger partial charge on any atom is 0.471 e. The Labute approximate surface area is 140 Å². The lowest BCUT2D eigenvalue weighted by atomic mass is 10.2. The van der Waals surface area contributed by atoms with Gasteiger partial charge in [0.2, 0.25) is 21.7 Å². The summed E-state index contributed by atoms with van der Waals surface area (Å²) in [6, 6.07) is 2.89. The first kappa shape index (κ1) is 17.6. The van der Waals surface area contributed by atoms with E-state index in [1.54, 1.807) is 0 Å². The number of halogens is 3. The maximum absolute atomic E-state index is 12.4. The summed E-state index contributed by atoms with van der Waals surface area (Å²) in [5.74, 6) is -1.45. The van der Waals surface area contributed by atoms with Crippen molar-refractivity contribution in [1.82, 2.24) is 19.4 Å². The Morgan fingerprint density at radius 1 is 1.36 bits per heavy atom. The van der Waals surface area contributed by atoms with E-state index in [4.69, 9.17) is 4.74 Å². The van der Waals surface area contributed by atoms with Crippen molar-refractivity contribution in [3.05, 3.63) is 24.2 Å². The van der Waals surface area contributed by atoms with E-state index in [2.05, 4.69) is 19.6 Å². The van der Waals surface area contributed by atoms with E-state index in [0.29, 0.717) is 13.0 Å². The largest absolute Gasteiger partial charge is 0.473 e. The van der Waals surface area contributed by atoms with Crippen LogP contribution >= 0.6 is 0 Å². The zero-order chi connectivity index (χ0) is 18.2. The van der Waals surface area contributed by atoms with Crippen LogP contribution in [0.2, 0.25) is 0 Å². The molecule has 3 heterocycles. The molecule has 0 radical (unpaired) electrons. The summed E-state index contributed by atoms with van der Waals surface area (Å²) in [4.78, 5) is 7.25. The molecular weight excluding hydrogens is 365 g/mol. The number of hydrogen-bond donors (Lipinski definition) is 0. The first-order chi connectivity index (χ1) is 11.6. The van der Waals surface area contributed by atoms with Gasteiger partial charge in [0.15, 0.2) is 0 Å². The van der Waals surface area contributed by atoms with Gasteiger partial charge in [-0.2, -0.15) is 22.5 Å². The first-order valence-electron chi connectivity index (χ1n) is 7.12. The zero-order valence-corrected chi connectivity index (χ0v) is 13.7. The number of nitrogens with zero attached hydrogens (tertiary/aromatic N) is 4. The molecule has 0 N–H and O–H groups in total. The van der Waals surface area contributed by atoms with Crippen molar-refractivity contribution < 1.29 is 30.8 Å². The average molecular weight is 378 g/mol. The van der Waals surface area contributed by atoms with Crippen LogP contribution in [0.3, 0.4) is 0 Å². The summed E-state index contributed by atoms with van der Waals surface area (Å²) in [6.45, 7) is 0.590. The maximum atomic E-state index is 12.4. The third-order valence-electron chi connectivity index (χ3n) is 3.53. The van der Waals surface area contributed by atoms with Gasteiger partial charge in [0.05, 0.1) is 12.8 Å². The van der Waals surface area contributed by atoms with E-state index in [1.807, 2.05) is 0 Å². The summed E-state index contributed by atoms with van der Waals surface area (Å²) in [7, 11) is -3.27. The Morgan fingerprint density at radius 2 is 2.12 bits per heavy atom. The van der Waals surface area contributed by atoms with Gasteiger partial charge in [-0.1, -0.05) is 5.16 Å². The number of aromatic nitrogens is 3. The van der Waals surface area contributed by atoms with Crippen LogP contribution in [0, 0.1) is 0 Å². The summed E-state index contributed by atoms with van der Waals surface area (Å²) < 4.78 is 71.3. The molecule has 8 nitrogen and oxygen atoms in total. The fourth-order valence-electron chi connectivity index (χ4n) is 2.30. The molecular formula is C13H13F3N4O4S. The topological polar surface area (TPSA) is 98.4 Å². The van der Waals surface area contributed by atoms with E-state index in [-0.39, 0.29) is 29.9 Å². The highest BCUT2D eigenvalue weighted by molar-refractivity contribution is 7.88. The van der Waals surface area contributed by atoms with E-state index in [0.717, 1.165) is 6.26 Å². The molecule has 0 amide bonds. The van der Waals surface area contributed by atoms with Crippen molar-refractivity contribution in [2.75, 3.05) is 19.3 Å². The predicted molar refractivity (Wildman–Crippen MR) is 78.0 cm³/mol. The highest BCUT2D eigenvalue weighted by Gasteiger charge is 2.38. The molecule has 1 aliphatic heterocycles. The second kappa shape index (κ2) is 6.26. The van der Waals surface area contributed by atoms with Crippen LogP contribution in [0.25, 0.3) is 11.4 Å². The second-order valence-electron chi connectivity index (χ2n) is 5.46. The lowest BCUT2D eigenvalue weighted by Gasteiger charge is -2.14. The molecule has 0 spiro atoms. The molecule has 0 aromatic carbocycles. The zero-order valence-electron chi connectivity index (χ0n) is 12.9. The Bertz CT molecular complexity index is 851. The molecule has 0 saturated carbocycles. The van der Waals surface area contributed by atoms with Crippen LogP contribution in [0.4, 0.5) is 13.2 Å². The van der Waals surface area contributed by atoms with Crippen LogP contribution in [0.5, 0.6) is 5.88 Å². The Kier molecular flexibility index (Phi) is 4.41. The van der Waals surface area contributed by atoms with Gasteiger partial charge in [-0.25, -0.2) is 13.4 Å². The highest BCUT2D eigenvalue weighted by Crippen LogP contribution is 2.29. The Balaban J connectivity index is 1.66. The van der Waals surface area contributed by atoms with Crippen LogP contribution in [-0.4, -0.2) is 53.3 Å². The monoisotopic (exact) mass is 378 g/mol. The molecule has 2 aromatic rings. The molecule has 0 bridgehead atoms. The summed E-state index contributed by atoms with van der Waals surface area (Å²) >= 11 is 0. The normalized spacial score (nSPS) is 19.3. The van der Waals surface area contributed by atoms with Crippen molar-refractivity contribution in [2.45, 2.75) is 18.7 Å². The number of hydrogen-bond acceptors (Lipinski definition) is 7. The molecule has 25 heavy (non-hydrogen) atoms. The van der Waals surface area contributed by atoms with Gasteiger partial charge >= 0.3 is 12.1 Å². The number of ether oxygens (including phenoxy) is 1. The van der Waals surface area contributed by atoms with E-state index in [9.17, 15) is 21.6 Å². The molecule has 1 aliphatic rings. The molecule has 1 fully saturated rings. The van der Waals surface area contributed by atoms with Crippen LogP contribution < -0.4 is 4.74 Å². The van der Waals surface area contributed by atoms with Gasteiger partial charge in [0.1, 0.15) is 6.10 Å². The quantitative estimate of drug-likeness (QED) is 0.796. The van der Waals surface area contributed by atoms with E-state index >= 15 is 0 Å². The summed E-state index contributed by atoms with van der Waals surface area (Å²) in [5.41, 5.74) is 0.232. The minimum absolute atomic E-state index is 0.224. The SMILES string of the molecule is CS(=O)(=O)N1CC[C@H](Oc2ccc(-c3noc(C(F)(F)F)n3)cn2)C1. The van der Waals surface area contributed by atoms with Gasteiger partial charge in [0, 0.05) is 24.4 Å². The molecule has 0 aliphatic carbocycles. The van der Waals surface area contributed by atoms with E-state index < -0.39 is 22.1 Å². The number of alkyl halides is 3. The van der Waals surface area contributed by atoms with Crippen molar-refractivity contribution in [3.63, 3.8) is 0 Å². The van der Waals surface area contributed by atoms with Crippen molar-refractivity contribution >= 4 is 10.0 Å². The van der Waals surface area contributed by atoms with Gasteiger partial charge < -0.3 is 9.26 Å². The first-order valence-corrected chi connectivity index (χ1v) is 8.97. The lowest BCUT2D eigenvalue weighted by molar-refractivity contribution is -0.159. The van der Waals surface area contributed by atoms with E-state index in [1.165, 1.54) is 22.6 Å². The van der Waals surface area contributed by atoms with Crippen LogP contribution in [-0.2, 0) is 16.2 Å². The van der Waals surface area contributed by atoms with Crippen LogP contribution in [0.1, 0.15) is 12.3 Å². The van der Waals surface area contributed by atoms with Crippen LogP contribution in [0.15, 0.2) is 22.9 Å². The fourth-order valence-corrected chi connectivity index (χ4v) is 3.18. The minimum Gasteiger partial charge on any atom is -0.473 e. The smallest absolute Gasteiger partial charge is 0.471 e. The highest BCUT2D eigenvalue weighted by atomic mass is 32.2. The van der Waals surface area contributed by atoms with Gasteiger partial charge in [-0.15, -0.1) is 0 Å². The third-order valence-corrected chi connectivity index (χ3v) is 4.80. The third kappa shape index (κ3) is 4.07. The molecule has 12 heteroatoms. The van der Waals surface area contributed by atoms with Gasteiger partial charge in [0.25, 0.3) is 0 Å². The minimum atomic E-state index is -4.71. The standard InChI is InChI=1S/C13H13F3N4O4S/c1-25(21,22)20-5-4-9(7-20)23-10-3-2-8(6-17-10)11-18-12(24-19-11)13(14,15)16/h2-3,6,9H,4-5,7H2,1H3/t9-/m0/s1. The Hall–Kier alpha value is -2.21. The Morgan fingerprint density at radius 3 is 2.64 bits per heavy atom. The molecule has 1 atom stereocenters. The summed E-state index contributed by atoms with van der Waals surface area (Å²) in [6.07, 6.45) is -2.15. The predicted octanol–water partition coefficient (Wildman–Crippen LogP) is 1.56. The number of sulfonamides is 1.